The molecule has 338 valence electrons. The summed E-state index contributed by atoms with van der Waals surface area (Å²) in [6, 6.07) is 64.5. The van der Waals surface area contributed by atoms with E-state index in [9.17, 15) is 1.37 Å². The Bertz CT molecular complexity index is 3620. The molecule has 11 rings (SSSR count). The van der Waals surface area contributed by atoms with Gasteiger partial charge in [0.25, 0.3) is 0 Å². The Kier molecular flexibility index (Phi) is 10.7. The Morgan fingerprint density at radius 1 is 0.559 bits per heavy atom. The van der Waals surface area contributed by atoms with Crippen LogP contribution in [0.3, 0.4) is 0 Å². The van der Waals surface area contributed by atoms with Crippen molar-refractivity contribution >= 4 is 44.6 Å². The number of hydrogen-bond donors (Lipinski definition) is 0. The van der Waals surface area contributed by atoms with Crippen molar-refractivity contribution in [2.45, 2.75) is 52.4 Å². The van der Waals surface area contributed by atoms with Gasteiger partial charge < -0.3 is 19.1 Å². The molecule has 0 fully saturated rings. The summed E-state index contributed by atoms with van der Waals surface area (Å²) in [5.74, 6) is 1.11. The number of benzene rings is 8. The van der Waals surface area contributed by atoms with Crippen molar-refractivity contribution in [3.05, 3.63) is 224 Å². The fourth-order valence-corrected chi connectivity index (χ4v) is 9.31. The van der Waals surface area contributed by atoms with Crippen LogP contribution in [0.2, 0.25) is 0 Å². The van der Waals surface area contributed by atoms with E-state index in [2.05, 4.69) is 178 Å². The van der Waals surface area contributed by atoms with Gasteiger partial charge in [0.05, 0.1) is 0 Å². The van der Waals surface area contributed by atoms with Gasteiger partial charge in [0, 0.05) is 79.4 Å². The van der Waals surface area contributed by atoms with Crippen molar-refractivity contribution < 1.29 is 29.9 Å². The normalized spacial score (nSPS) is 13.2. The van der Waals surface area contributed by atoms with E-state index in [1.807, 2.05) is 72.4 Å². The van der Waals surface area contributed by atoms with Crippen molar-refractivity contribution in [2.24, 2.45) is 0 Å². The molecule has 0 bridgehead atoms. The minimum absolute atomic E-state index is 0. The maximum Gasteiger partial charge on any atom is 0.135 e. The van der Waals surface area contributed by atoms with Crippen LogP contribution in [0.25, 0.3) is 61.0 Å². The molecule has 0 saturated carbocycles. The average Bonchev–Trinajstić information content (AvgIpc) is 3.92. The first-order valence-corrected chi connectivity index (χ1v) is 22.8. The summed E-state index contributed by atoms with van der Waals surface area (Å²) in [6.45, 7) is 15.3. The van der Waals surface area contributed by atoms with Crippen molar-refractivity contribution in [1.82, 2.24) is 9.55 Å². The Morgan fingerprint density at radius 2 is 1.18 bits per heavy atom. The van der Waals surface area contributed by atoms with Crippen molar-refractivity contribution in [3.8, 4) is 50.7 Å². The van der Waals surface area contributed by atoms with Crippen LogP contribution in [0.15, 0.2) is 194 Å². The molecular weight excluding hydrogens is 1010 g/mol. The van der Waals surface area contributed by atoms with Crippen LogP contribution in [0.5, 0.6) is 11.5 Å². The first-order chi connectivity index (χ1) is 33.7. The van der Waals surface area contributed by atoms with Crippen LogP contribution in [0.4, 0.5) is 22.7 Å². The zero-order valence-corrected chi connectivity index (χ0v) is 41.1. The van der Waals surface area contributed by atoms with Crippen LogP contribution < -0.4 is 14.5 Å². The molecule has 0 unspecified atom stereocenters. The third-order valence-corrected chi connectivity index (χ3v) is 12.7. The number of hydrogen-bond acceptors (Lipinski definition) is 4. The molecule has 0 amide bonds. The molecule has 68 heavy (non-hydrogen) atoms. The summed E-state index contributed by atoms with van der Waals surface area (Å²) in [4.78, 5) is 9.14. The number of para-hydroxylation sites is 4. The van der Waals surface area contributed by atoms with Crippen LogP contribution in [0, 0.1) is 18.8 Å². The molecule has 0 saturated heterocycles. The summed E-state index contributed by atoms with van der Waals surface area (Å²) >= 11 is 0. The minimum Gasteiger partial charge on any atom is -0.509 e. The first-order valence-electron chi connectivity index (χ1n) is 24.3. The number of aromatic nitrogens is 2. The summed E-state index contributed by atoms with van der Waals surface area (Å²) in [7, 11) is 0. The SMILES string of the molecule is [2H]c1c(Oc2[c-]c3c(cc2)c2ccccc2n3-c2cc(C(C)(C)C)c(-c3ccccc3)cn2)[c-]c(N2[CH-]N(c3c(-c4ccccc4)cccc3-c3ccc(C(C)(C)C)cc3)c3ccccc32)c([2H])c1[2H].[Pt]. The van der Waals surface area contributed by atoms with Crippen molar-refractivity contribution in [2.75, 3.05) is 9.80 Å². The van der Waals surface area contributed by atoms with Gasteiger partial charge in [-0.05, 0) is 71.0 Å². The van der Waals surface area contributed by atoms with E-state index >= 15 is 0 Å². The molecule has 0 N–H and O–H groups in total. The fourth-order valence-electron chi connectivity index (χ4n) is 9.31. The molecule has 2 aromatic heterocycles. The van der Waals surface area contributed by atoms with E-state index < -0.39 is 0 Å². The first kappa shape index (κ1) is 41.0. The van der Waals surface area contributed by atoms with Gasteiger partial charge in [-0.3, -0.25) is 0 Å². The maximum absolute atomic E-state index is 9.34. The topological polar surface area (TPSA) is 33.5 Å². The Morgan fingerprint density at radius 3 is 1.85 bits per heavy atom. The summed E-state index contributed by atoms with van der Waals surface area (Å²) in [6.07, 6.45) is 1.97. The molecule has 5 nitrogen and oxygen atoms in total. The molecule has 0 aliphatic carbocycles. The van der Waals surface area contributed by atoms with Crippen LogP contribution in [-0.4, -0.2) is 9.55 Å². The number of anilines is 4. The van der Waals surface area contributed by atoms with Crippen LogP contribution >= 0.6 is 0 Å². The Balaban J connectivity index is 0.00000582. The van der Waals surface area contributed by atoms with Gasteiger partial charge in [-0.2, -0.15) is 12.1 Å². The van der Waals surface area contributed by atoms with E-state index in [0.29, 0.717) is 5.75 Å². The molecule has 0 spiro atoms. The molecule has 8 aromatic carbocycles. The van der Waals surface area contributed by atoms with Crippen LogP contribution in [0.1, 0.15) is 56.8 Å². The van der Waals surface area contributed by atoms with Crippen LogP contribution in [-0.2, 0) is 31.9 Å². The smallest absolute Gasteiger partial charge is 0.135 e. The second-order valence-corrected chi connectivity index (χ2v) is 19.2. The summed E-state index contributed by atoms with van der Waals surface area (Å²) < 4.78 is 36.4. The number of rotatable bonds is 8. The van der Waals surface area contributed by atoms with E-state index in [4.69, 9.17) is 12.5 Å². The fraction of sp³-hybridized carbons (Fsp3) is 0.129. The standard InChI is InChI=1S/C62H51N4O.Pt/c1-61(2,3)45-33-31-44(32-34-45)50-27-18-26-49(42-19-9-7-10-20-42)60(50)65-41-64(56-29-15-16-30-57(56)65)46-23-17-24-47(37-46)67-48-35-36-52-51-25-13-14-28-55(51)66(58(52)38-48)59-39-54(62(4,5)6)53(40-63-59)43-21-11-8-12-22-43;/h7-36,39-41H,1-6H3;/q-3;/i17D,23D,24D;. The number of fused-ring (bicyclic) bond motifs is 4. The largest absolute Gasteiger partial charge is 0.509 e. The summed E-state index contributed by atoms with van der Waals surface area (Å²) in [5.41, 5.74) is 13.3. The van der Waals surface area contributed by atoms with Gasteiger partial charge in [-0.15, -0.1) is 48.0 Å². The van der Waals surface area contributed by atoms with Gasteiger partial charge >= 0.3 is 0 Å². The predicted molar refractivity (Wildman–Crippen MR) is 278 cm³/mol. The second kappa shape index (κ2) is 17.8. The Labute approximate surface area is 418 Å². The predicted octanol–water partition coefficient (Wildman–Crippen LogP) is 16.6. The zero-order chi connectivity index (χ0) is 48.5. The van der Waals surface area contributed by atoms with Crippen molar-refractivity contribution in [1.29, 1.82) is 0 Å². The molecule has 0 radical (unpaired) electrons. The third-order valence-electron chi connectivity index (χ3n) is 12.7. The monoisotopic (exact) mass is 1070 g/mol. The molecule has 10 aromatic rings. The van der Waals surface area contributed by atoms with Gasteiger partial charge in [-0.1, -0.05) is 181 Å². The molecule has 1 aliphatic rings. The van der Waals surface area contributed by atoms with Gasteiger partial charge in [0.15, 0.2) is 0 Å². The maximum atomic E-state index is 9.34. The van der Waals surface area contributed by atoms with Crippen molar-refractivity contribution in [3.63, 3.8) is 0 Å². The van der Waals surface area contributed by atoms with Gasteiger partial charge in [0.1, 0.15) is 5.82 Å². The number of nitrogens with zero attached hydrogens (tertiary/aromatic N) is 4. The van der Waals surface area contributed by atoms with E-state index in [1.165, 1.54) is 5.56 Å². The summed E-state index contributed by atoms with van der Waals surface area (Å²) in [5, 5.41) is 2.01. The molecule has 3 heterocycles. The molecule has 0 atom stereocenters. The number of ether oxygens (including phenoxy) is 1. The van der Waals surface area contributed by atoms with Gasteiger partial charge in [0.2, 0.25) is 0 Å². The molecule has 6 heteroatoms. The minimum atomic E-state index is -0.273. The molecule has 1 aliphatic heterocycles. The van der Waals surface area contributed by atoms with Gasteiger partial charge in [-0.25, -0.2) is 4.98 Å². The quantitative estimate of drug-likeness (QED) is 0.142. The zero-order valence-electron chi connectivity index (χ0n) is 41.8. The third kappa shape index (κ3) is 8.20. The molecular formula is C62H51N4OPt-3. The average molecular weight is 1070 g/mol. The van der Waals surface area contributed by atoms with E-state index in [-0.39, 0.29) is 61.5 Å². The Hall–Kier alpha value is -7.20. The van der Waals surface area contributed by atoms with E-state index in [1.54, 1.807) is 0 Å². The second-order valence-electron chi connectivity index (χ2n) is 19.2. The van der Waals surface area contributed by atoms with E-state index in [0.717, 1.165) is 83.6 Å². The number of pyridine rings is 1.